The van der Waals surface area contributed by atoms with Crippen molar-refractivity contribution in [2.24, 2.45) is 0 Å². The van der Waals surface area contributed by atoms with E-state index in [1.807, 2.05) is 0 Å². The molecule has 0 aliphatic carbocycles. The van der Waals surface area contributed by atoms with Crippen molar-refractivity contribution in [1.29, 1.82) is 0 Å². The average molecular weight is 1090 g/mol. The third kappa shape index (κ3) is 7.42. The fourth-order valence-corrected chi connectivity index (χ4v) is 23.9. The normalized spacial score (nSPS) is 12.1. The molecule has 5 heteroatoms. The van der Waals surface area contributed by atoms with E-state index in [1.165, 1.54) is 107 Å². The van der Waals surface area contributed by atoms with Crippen LogP contribution >= 0.6 is 0 Å². The molecule has 0 bridgehead atoms. The molecule has 0 unspecified atom stereocenters. The van der Waals surface area contributed by atoms with Crippen molar-refractivity contribution in [3.63, 3.8) is 0 Å². The molecule has 0 saturated heterocycles. The molecule has 0 fully saturated rings. The molecule has 0 aliphatic rings. The Hall–Kier alpha value is -10.3. The Morgan fingerprint density at radius 3 is 1.01 bits per heavy atom. The lowest BCUT2D eigenvalue weighted by molar-refractivity contribution is 1.18. The minimum atomic E-state index is -3.11. The van der Waals surface area contributed by atoms with Gasteiger partial charge in [0.25, 0.3) is 0 Å². The summed E-state index contributed by atoms with van der Waals surface area (Å²) in [4.78, 5) is 0. The molecule has 0 saturated carbocycles. The van der Waals surface area contributed by atoms with Gasteiger partial charge in [-0.15, -0.1) is 0 Å². The Kier molecular flexibility index (Phi) is 11.6. The van der Waals surface area contributed by atoms with E-state index in [9.17, 15) is 0 Å². The van der Waals surface area contributed by atoms with Crippen molar-refractivity contribution in [3.05, 3.63) is 334 Å². The molecule has 13 aromatic carbocycles. The van der Waals surface area contributed by atoms with Gasteiger partial charge in [-0.1, -0.05) is 267 Å². The maximum Gasteiger partial charge on any atom is 0.179 e. The number of nitrogens with zero attached hydrogens (tertiary/aromatic N) is 3. The van der Waals surface area contributed by atoms with Gasteiger partial charge in [-0.2, -0.15) is 0 Å². The van der Waals surface area contributed by atoms with Crippen LogP contribution in [-0.2, 0) is 0 Å². The highest BCUT2D eigenvalue weighted by Gasteiger charge is 2.43. The molecule has 3 heterocycles. The Morgan fingerprint density at radius 2 is 0.506 bits per heavy atom. The molecular formula is C78H55N3Si2. The predicted octanol–water partition coefficient (Wildman–Crippen LogP) is 13.7. The van der Waals surface area contributed by atoms with Crippen LogP contribution in [-0.4, -0.2) is 29.8 Å². The lowest BCUT2D eigenvalue weighted by Gasteiger charge is -2.35. The molecule has 0 N–H and O–H groups in total. The lowest BCUT2D eigenvalue weighted by Crippen LogP contribution is -2.74. The van der Waals surface area contributed by atoms with Crippen molar-refractivity contribution >= 4 is 123 Å². The quantitative estimate of drug-likeness (QED) is 0.0906. The molecule has 3 nitrogen and oxygen atoms in total. The van der Waals surface area contributed by atoms with E-state index >= 15 is 0 Å². The summed E-state index contributed by atoms with van der Waals surface area (Å²) in [6.45, 7) is 0. The van der Waals surface area contributed by atoms with E-state index in [0.29, 0.717) is 0 Å². The van der Waals surface area contributed by atoms with Gasteiger partial charge in [0, 0.05) is 49.4 Å². The van der Waals surface area contributed by atoms with Crippen LogP contribution in [0.3, 0.4) is 0 Å². The Morgan fingerprint density at radius 1 is 0.181 bits per heavy atom. The lowest BCUT2D eigenvalue weighted by atomic mass is 10.1. The molecule has 0 atom stereocenters. The van der Waals surface area contributed by atoms with Crippen molar-refractivity contribution < 1.29 is 0 Å². The van der Waals surface area contributed by atoms with E-state index in [4.69, 9.17) is 0 Å². The second-order valence-corrected chi connectivity index (χ2v) is 29.5. The maximum atomic E-state index is 2.58. The fraction of sp³-hybridized carbons (Fsp3) is 0. The summed E-state index contributed by atoms with van der Waals surface area (Å²) >= 11 is 0. The number of aromatic nitrogens is 3. The maximum absolute atomic E-state index is 3.11. The SMILES string of the molecule is c1ccc(-n2c3ccccc3c3cc([Si](c4ccccc4)(c4ccccc4)c4cccc(-n5c6ccccc6c6ccc7c(c8ccccc8n7-c7cccc([Si](c8ccccc8)(c8ccccc8)c8ccccc8)c7)c65)c4)ccc32)cc1. The fourth-order valence-electron chi connectivity index (χ4n) is 14.3. The smallest absolute Gasteiger partial charge is 0.179 e. The number of benzene rings is 13. The van der Waals surface area contributed by atoms with E-state index in [-0.39, 0.29) is 0 Å². The molecule has 0 radical (unpaired) electrons. The Labute approximate surface area is 484 Å². The van der Waals surface area contributed by atoms with Crippen LogP contribution in [0.2, 0.25) is 0 Å². The van der Waals surface area contributed by atoms with Gasteiger partial charge < -0.3 is 13.7 Å². The average Bonchev–Trinajstić information content (AvgIpc) is 2.45. The molecule has 16 aromatic rings. The van der Waals surface area contributed by atoms with Gasteiger partial charge in [-0.3, -0.25) is 0 Å². The van der Waals surface area contributed by atoms with Crippen LogP contribution in [0, 0.1) is 0 Å². The number of fused-ring (bicyclic) bond motifs is 10. The molecule has 16 rings (SSSR count). The van der Waals surface area contributed by atoms with Crippen LogP contribution in [0.1, 0.15) is 0 Å². The third-order valence-electron chi connectivity index (χ3n) is 17.7. The van der Waals surface area contributed by atoms with Crippen LogP contribution in [0.15, 0.2) is 334 Å². The number of hydrogen-bond acceptors (Lipinski definition) is 0. The minimum absolute atomic E-state index is 1.13. The van der Waals surface area contributed by atoms with Crippen LogP contribution in [0.25, 0.3) is 82.5 Å². The molecule has 0 spiro atoms. The van der Waals surface area contributed by atoms with Crippen LogP contribution < -0.4 is 41.5 Å². The predicted molar refractivity (Wildman–Crippen MR) is 357 cm³/mol. The summed E-state index contributed by atoms with van der Waals surface area (Å²) in [5.74, 6) is 0. The Balaban J connectivity index is 0.955. The van der Waals surface area contributed by atoms with Gasteiger partial charge in [-0.25, -0.2) is 0 Å². The molecule has 0 amide bonds. The van der Waals surface area contributed by atoms with Crippen molar-refractivity contribution in [2.45, 2.75) is 0 Å². The molecule has 83 heavy (non-hydrogen) atoms. The van der Waals surface area contributed by atoms with Gasteiger partial charge in [0.1, 0.15) is 0 Å². The van der Waals surface area contributed by atoms with Crippen molar-refractivity contribution in [3.8, 4) is 17.1 Å². The number of hydrogen-bond donors (Lipinski definition) is 0. The van der Waals surface area contributed by atoms with E-state index < -0.39 is 16.1 Å². The van der Waals surface area contributed by atoms with Crippen LogP contribution in [0.4, 0.5) is 0 Å². The first-order chi connectivity index (χ1) is 41.2. The Bertz CT molecular complexity index is 4930. The second kappa shape index (κ2) is 19.7. The van der Waals surface area contributed by atoms with Gasteiger partial charge in [0.2, 0.25) is 0 Å². The summed E-state index contributed by atoms with van der Waals surface area (Å²) < 4.78 is 7.53. The number of para-hydroxylation sites is 4. The molecule has 3 aromatic heterocycles. The summed E-state index contributed by atoms with van der Waals surface area (Å²) in [5, 5.41) is 18.1. The summed E-state index contributed by atoms with van der Waals surface area (Å²) in [6, 6.07) is 125. The highest BCUT2D eigenvalue weighted by molar-refractivity contribution is 7.20. The van der Waals surface area contributed by atoms with Crippen LogP contribution in [0.5, 0.6) is 0 Å². The van der Waals surface area contributed by atoms with Crippen molar-refractivity contribution in [1.82, 2.24) is 13.7 Å². The standard InChI is InChI=1S/C78H55N3Si2/c1-7-27-56(28-8-1)79-72-46-22-20-44-68(72)71-55-66(49-51-75(71)79)83(62-37-15-5-16-38-62,63-39-17-6-18-40-63)65-42-26-30-58(54-65)81-73-47-23-19-43-67(73)69-50-52-76-77(78(69)81)70-45-21-24-48-74(70)80(76)57-29-25-41-64(53-57)82(59-31-9-2-10-32-59,60-33-11-3-12-34-60)61-35-13-4-14-36-61/h1-55H. The zero-order chi connectivity index (χ0) is 54.9. The zero-order valence-electron chi connectivity index (χ0n) is 45.6. The molecule has 390 valence electrons. The van der Waals surface area contributed by atoms with Gasteiger partial charge >= 0.3 is 0 Å². The van der Waals surface area contributed by atoms with E-state index in [0.717, 1.165) is 17.1 Å². The van der Waals surface area contributed by atoms with Gasteiger partial charge in [0.15, 0.2) is 16.1 Å². The zero-order valence-corrected chi connectivity index (χ0v) is 47.6. The van der Waals surface area contributed by atoms with Gasteiger partial charge in [0.05, 0.1) is 33.1 Å². The summed E-state index contributed by atoms with van der Waals surface area (Å²) in [7, 11) is -5.96. The minimum Gasteiger partial charge on any atom is -0.309 e. The third-order valence-corrected chi connectivity index (χ3v) is 27.2. The molecular weight excluding hydrogens is 1040 g/mol. The van der Waals surface area contributed by atoms with Gasteiger partial charge in [-0.05, 0) is 108 Å². The number of rotatable bonds is 11. The highest BCUT2D eigenvalue weighted by atomic mass is 28.3. The monoisotopic (exact) mass is 1090 g/mol. The first kappa shape index (κ1) is 48.6. The first-order valence-corrected chi connectivity index (χ1v) is 32.8. The molecule has 0 aliphatic heterocycles. The van der Waals surface area contributed by atoms with E-state index in [1.54, 1.807) is 0 Å². The largest absolute Gasteiger partial charge is 0.309 e. The summed E-state index contributed by atoms with van der Waals surface area (Å²) in [5.41, 5.74) is 10.6. The van der Waals surface area contributed by atoms with E-state index in [2.05, 4.69) is 347 Å². The topological polar surface area (TPSA) is 14.8 Å². The van der Waals surface area contributed by atoms with Crippen molar-refractivity contribution in [2.75, 3.05) is 0 Å². The second-order valence-electron chi connectivity index (χ2n) is 21.9. The first-order valence-electron chi connectivity index (χ1n) is 28.8. The highest BCUT2D eigenvalue weighted by Crippen LogP contribution is 2.42. The summed E-state index contributed by atoms with van der Waals surface area (Å²) in [6.07, 6.45) is 0.